The third-order valence-corrected chi connectivity index (χ3v) is 3.90. The normalized spacial score (nSPS) is 10.6. The van der Waals surface area contributed by atoms with Gasteiger partial charge in [-0.25, -0.2) is 9.18 Å². The Balaban J connectivity index is 2.08. The van der Waals surface area contributed by atoms with Crippen molar-refractivity contribution in [2.24, 2.45) is 0 Å². The molecule has 12 heteroatoms. The van der Waals surface area contributed by atoms with E-state index >= 15 is 0 Å². The summed E-state index contributed by atoms with van der Waals surface area (Å²) in [7, 11) is 1.15. The highest BCUT2D eigenvalue weighted by molar-refractivity contribution is 9.10. The number of nitro benzene ring substituents is 1. The maximum atomic E-state index is 13.6. The fourth-order valence-corrected chi connectivity index (χ4v) is 2.49. The summed E-state index contributed by atoms with van der Waals surface area (Å²) in [6.07, 6.45) is 0. The molecule has 156 valence electrons. The highest BCUT2D eigenvalue weighted by Crippen LogP contribution is 2.36. The Hall–Kier alpha value is -3.02. The average molecular weight is 480 g/mol. The minimum absolute atomic E-state index is 0.128. The van der Waals surface area contributed by atoms with E-state index in [9.17, 15) is 28.1 Å². The standard InChI is InChI=1S/C17H13BrF3NO7/c1-26-14-4-9(12(22(24)25)6-15(14)29-17(20)21)7-28-16(23)8-27-13-3-2-10(18)5-11(13)19/h2-6,17H,7-8H2,1H3. The fourth-order valence-electron chi connectivity index (χ4n) is 2.15. The zero-order chi connectivity index (χ0) is 21.6. The minimum Gasteiger partial charge on any atom is -0.493 e. The molecule has 2 aromatic carbocycles. The maximum absolute atomic E-state index is 13.6. The Morgan fingerprint density at radius 2 is 1.93 bits per heavy atom. The van der Waals surface area contributed by atoms with Gasteiger partial charge in [-0.15, -0.1) is 0 Å². The van der Waals surface area contributed by atoms with Gasteiger partial charge in [0.25, 0.3) is 5.69 Å². The molecule has 8 nitrogen and oxygen atoms in total. The number of rotatable bonds is 9. The molecule has 2 aromatic rings. The zero-order valence-corrected chi connectivity index (χ0v) is 16.3. The molecule has 0 saturated carbocycles. The highest BCUT2D eigenvalue weighted by Gasteiger charge is 2.23. The minimum atomic E-state index is -3.22. The number of hydrogen-bond acceptors (Lipinski definition) is 7. The van der Waals surface area contributed by atoms with Crippen molar-refractivity contribution in [2.75, 3.05) is 13.7 Å². The molecule has 0 radical (unpaired) electrons. The number of ether oxygens (including phenoxy) is 4. The summed E-state index contributed by atoms with van der Waals surface area (Å²) in [6, 6.07) is 5.71. The summed E-state index contributed by atoms with van der Waals surface area (Å²) in [5.41, 5.74) is -0.745. The van der Waals surface area contributed by atoms with Gasteiger partial charge in [-0.2, -0.15) is 8.78 Å². The molecule has 0 aromatic heterocycles. The van der Waals surface area contributed by atoms with E-state index in [1.165, 1.54) is 12.1 Å². The van der Waals surface area contributed by atoms with Crippen molar-refractivity contribution in [3.8, 4) is 17.2 Å². The SMILES string of the molecule is COc1cc(COC(=O)COc2ccc(Br)cc2F)c([N+](=O)[O-])cc1OC(F)F. The first kappa shape index (κ1) is 22.3. The van der Waals surface area contributed by atoms with E-state index in [1.54, 1.807) is 0 Å². The van der Waals surface area contributed by atoms with Crippen molar-refractivity contribution in [1.82, 2.24) is 0 Å². The van der Waals surface area contributed by atoms with Gasteiger partial charge in [-0.05, 0) is 24.3 Å². The summed E-state index contributed by atoms with van der Waals surface area (Å²) in [5, 5.41) is 11.2. The van der Waals surface area contributed by atoms with Crippen molar-refractivity contribution in [1.29, 1.82) is 0 Å². The Labute approximate surface area is 170 Å². The zero-order valence-electron chi connectivity index (χ0n) is 14.7. The van der Waals surface area contributed by atoms with Crippen LogP contribution in [0.5, 0.6) is 17.2 Å². The van der Waals surface area contributed by atoms with Gasteiger partial charge in [-0.1, -0.05) is 15.9 Å². The number of esters is 1. The van der Waals surface area contributed by atoms with Gasteiger partial charge < -0.3 is 18.9 Å². The molecule has 29 heavy (non-hydrogen) atoms. The first-order chi connectivity index (χ1) is 13.7. The molecule has 0 amide bonds. The third-order valence-electron chi connectivity index (χ3n) is 3.41. The molecule has 0 atom stereocenters. The number of benzene rings is 2. The van der Waals surface area contributed by atoms with Crippen molar-refractivity contribution in [3.63, 3.8) is 0 Å². The monoisotopic (exact) mass is 479 g/mol. The van der Waals surface area contributed by atoms with Crippen molar-refractivity contribution >= 4 is 27.6 Å². The summed E-state index contributed by atoms with van der Waals surface area (Å²) in [6.45, 7) is -4.45. The van der Waals surface area contributed by atoms with Gasteiger partial charge in [-0.3, -0.25) is 10.1 Å². The molecule has 0 bridgehead atoms. The second-order valence-electron chi connectivity index (χ2n) is 5.29. The summed E-state index contributed by atoms with van der Waals surface area (Å²) in [5.74, 6) is -2.59. The van der Waals surface area contributed by atoms with E-state index in [0.717, 1.165) is 25.3 Å². The Morgan fingerprint density at radius 3 is 2.52 bits per heavy atom. The lowest BCUT2D eigenvalue weighted by Gasteiger charge is -2.12. The topological polar surface area (TPSA) is 97.1 Å². The first-order valence-corrected chi connectivity index (χ1v) is 8.54. The summed E-state index contributed by atoms with van der Waals surface area (Å²) < 4.78 is 57.9. The quantitative estimate of drug-likeness (QED) is 0.301. The lowest BCUT2D eigenvalue weighted by atomic mass is 10.1. The number of alkyl halides is 2. The number of nitro groups is 1. The van der Waals surface area contributed by atoms with E-state index < -0.39 is 48.0 Å². The number of halogens is 4. The van der Waals surface area contributed by atoms with Crippen LogP contribution in [0.25, 0.3) is 0 Å². The van der Waals surface area contributed by atoms with Crippen molar-refractivity contribution < 1.29 is 41.8 Å². The summed E-state index contributed by atoms with van der Waals surface area (Å²) >= 11 is 3.07. The molecule has 2 rings (SSSR count). The number of carbonyl (C=O) groups excluding carboxylic acids is 1. The van der Waals surface area contributed by atoms with E-state index in [0.29, 0.717) is 4.47 Å². The number of methoxy groups -OCH3 is 1. The molecule has 0 saturated heterocycles. The van der Waals surface area contributed by atoms with Crippen molar-refractivity contribution in [2.45, 2.75) is 13.2 Å². The van der Waals surface area contributed by atoms with Gasteiger partial charge in [0.15, 0.2) is 29.7 Å². The largest absolute Gasteiger partial charge is 0.493 e. The second kappa shape index (κ2) is 9.96. The van der Waals surface area contributed by atoms with E-state index in [1.807, 2.05) is 0 Å². The molecule has 0 heterocycles. The molecule has 0 unspecified atom stereocenters. The number of carbonyl (C=O) groups is 1. The van der Waals surface area contributed by atoms with Gasteiger partial charge in [0.1, 0.15) is 6.61 Å². The van der Waals surface area contributed by atoms with Crippen molar-refractivity contribution in [3.05, 3.63) is 56.3 Å². The van der Waals surface area contributed by atoms with Crippen LogP contribution in [-0.2, 0) is 16.1 Å². The van der Waals surface area contributed by atoms with Crippen LogP contribution in [-0.4, -0.2) is 31.2 Å². The van der Waals surface area contributed by atoms with E-state index in [4.69, 9.17) is 14.2 Å². The third kappa shape index (κ3) is 6.24. The first-order valence-electron chi connectivity index (χ1n) is 7.74. The van der Waals surface area contributed by atoms with Gasteiger partial charge in [0.05, 0.1) is 23.7 Å². The molecule has 0 spiro atoms. The lowest BCUT2D eigenvalue weighted by Crippen LogP contribution is -2.15. The predicted octanol–water partition coefficient (Wildman–Crippen LogP) is 4.23. The van der Waals surface area contributed by atoms with Gasteiger partial charge in [0.2, 0.25) is 0 Å². The molecule has 0 aliphatic carbocycles. The Bertz CT molecular complexity index is 911. The van der Waals surface area contributed by atoms with Crippen LogP contribution >= 0.6 is 15.9 Å². The van der Waals surface area contributed by atoms with Crippen LogP contribution in [0.4, 0.5) is 18.9 Å². The fraction of sp³-hybridized carbons (Fsp3) is 0.235. The van der Waals surface area contributed by atoms with Crippen LogP contribution in [0.1, 0.15) is 5.56 Å². The number of hydrogen-bond donors (Lipinski definition) is 0. The van der Waals surface area contributed by atoms with Crippen LogP contribution in [0.15, 0.2) is 34.8 Å². The maximum Gasteiger partial charge on any atom is 0.387 e. The molecule has 0 aliphatic rings. The molecular weight excluding hydrogens is 467 g/mol. The molecule has 0 N–H and O–H groups in total. The smallest absolute Gasteiger partial charge is 0.387 e. The summed E-state index contributed by atoms with van der Waals surface area (Å²) in [4.78, 5) is 22.2. The predicted molar refractivity (Wildman–Crippen MR) is 95.7 cm³/mol. The van der Waals surface area contributed by atoms with E-state index in [2.05, 4.69) is 20.7 Å². The van der Waals surface area contributed by atoms with Gasteiger partial charge in [0, 0.05) is 4.47 Å². The van der Waals surface area contributed by atoms with E-state index in [-0.39, 0.29) is 17.1 Å². The van der Waals surface area contributed by atoms with Crippen LogP contribution < -0.4 is 14.2 Å². The highest BCUT2D eigenvalue weighted by atomic mass is 79.9. The molecule has 0 fully saturated rings. The van der Waals surface area contributed by atoms with Crippen LogP contribution in [0.2, 0.25) is 0 Å². The second-order valence-corrected chi connectivity index (χ2v) is 6.21. The van der Waals surface area contributed by atoms with Crippen LogP contribution in [0, 0.1) is 15.9 Å². The average Bonchev–Trinajstić information content (AvgIpc) is 2.65. The van der Waals surface area contributed by atoms with Crippen LogP contribution in [0.3, 0.4) is 0 Å². The number of nitrogens with zero attached hydrogens (tertiary/aromatic N) is 1. The lowest BCUT2D eigenvalue weighted by molar-refractivity contribution is -0.386. The Kier molecular flexibility index (Phi) is 7.65. The Morgan fingerprint density at radius 1 is 1.21 bits per heavy atom. The molecular formula is C17H13BrF3NO7. The molecule has 0 aliphatic heterocycles. The van der Waals surface area contributed by atoms with Gasteiger partial charge >= 0.3 is 12.6 Å².